The Bertz CT molecular complexity index is 961. The number of para-hydroxylation sites is 1. The van der Waals surface area contributed by atoms with Crippen molar-refractivity contribution in [2.75, 3.05) is 18.6 Å². The van der Waals surface area contributed by atoms with Crippen LogP contribution in [0.25, 0.3) is 0 Å². The fourth-order valence-electron chi connectivity index (χ4n) is 3.68. The van der Waals surface area contributed by atoms with E-state index in [2.05, 4.69) is 6.92 Å². The van der Waals surface area contributed by atoms with Crippen LogP contribution in [-0.4, -0.2) is 30.5 Å². The molecular weight excluding hydrogens is 406 g/mol. The van der Waals surface area contributed by atoms with E-state index in [1.807, 2.05) is 6.07 Å². The maximum Gasteiger partial charge on any atom is 0.264 e. The van der Waals surface area contributed by atoms with Crippen LogP contribution in [0.1, 0.15) is 44.2 Å². The maximum absolute atomic E-state index is 13.2. The number of ketones is 1. The summed E-state index contributed by atoms with van der Waals surface area (Å²) >= 11 is 6.38. The average Bonchev–Trinajstić information content (AvgIpc) is 2.91. The number of rotatable bonds is 9. The number of methoxy groups -OCH3 is 1. The van der Waals surface area contributed by atoms with E-state index in [-0.39, 0.29) is 18.7 Å². The molecule has 0 spiro atoms. The lowest BCUT2D eigenvalue weighted by Crippen LogP contribution is -2.41. The largest absolute Gasteiger partial charge is 0.493 e. The second-order valence-electron chi connectivity index (χ2n) is 7.45. The molecule has 0 saturated carbocycles. The predicted molar refractivity (Wildman–Crippen MR) is 115 cm³/mol. The van der Waals surface area contributed by atoms with Crippen molar-refractivity contribution in [3.63, 3.8) is 0 Å². The molecule has 0 fully saturated rings. The fourth-order valence-corrected chi connectivity index (χ4v) is 3.96. The monoisotopic (exact) mass is 431 g/mol. The highest BCUT2D eigenvalue weighted by atomic mass is 35.5. The number of nitrogens with zero attached hydrogens (tertiary/aromatic N) is 1. The average molecular weight is 432 g/mol. The molecule has 1 heterocycles. The standard InChI is InChI=1S/C23H26ClNO5/c1-4-5-11-30-19-10-9-16(12-20(19)29-3)14-25-21-17(7-6-8-18(21)24)23(28,22(25)27)13-15(2)26/h6-10,12,28H,4-5,11,13-14H2,1-3H3. The first-order chi connectivity index (χ1) is 14.3. The zero-order valence-electron chi connectivity index (χ0n) is 17.4. The van der Waals surface area contributed by atoms with Crippen LogP contribution in [0.3, 0.4) is 0 Å². The van der Waals surface area contributed by atoms with Crippen LogP contribution in [0.4, 0.5) is 5.69 Å². The first-order valence-electron chi connectivity index (χ1n) is 9.94. The minimum atomic E-state index is -1.92. The SMILES string of the molecule is CCCCOc1ccc(CN2C(=O)C(O)(CC(C)=O)c3cccc(Cl)c32)cc1OC. The van der Waals surface area contributed by atoms with Gasteiger partial charge in [-0.2, -0.15) is 0 Å². The van der Waals surface area contributed by atoms with Crippen molar-refractivity contribution in [2.24, 2.45) is 0 Å². The van der Waals surface area contributed by atoms with Crippen molar-refractivity contribution < 1.29 is 24.2 Å². The molecule has 160 valence electrons. The number of amides is 1. The van der Waals surface area contributed by atoms with Gasteiger partial charge in [-0.1, -0.05) is 43.1 Å². The molecule has 30 heavy (non-hydrogen) atoms. The van der Waals surface area contributed by atoms with E-state index >= 15 is 0 Å². The van der Waals surface area contributed by atoms with Crippen LogP contribution in [0.2, 0.25) is 5.02 Å². The van der Waals surface area contributed by atoms with E-state index < -0.39 is 11.5 Å². The number of benzene rings is 2. The number of hydrogen-bond acceptors (Lipinski definition) is 5. The van der Waals surface area contributed by atoms with Gasteiger partial charge in [0.15, 0.2) is 17.1 Å². The van der Waals surface area contributed by atoms with Gasteiger partial charge in [0.05, 0.1) is 31.0 Å². The Kier molecular flexibility index (Phi) is 6.68. The molecule has 3 rings (SSSR count). The molecular formula is C23H26ClNO5. The van der Waals surface area contributed by atoms with Gasteiger partial charge in [0.1, 0.15) is 5.78 Å². The number of ether oxygens (including phenoxy) is 2. The second kappa shape index (κ2) is 9.06. The molecule has 0 aromatic heterocycles. The highest BCUT2D eigenvalue weighted by Crippen LogP contribution is 2.47. The second-order valence-corrected chi connectivity index (χ2v) is 7.86. The van der Waals surface area contributed by atoms with Crippen molar-refractivity contribution in [1.82, 2.24) is 0 Å². The molecule has 6 nitrogen and oxygen atoms in total. The van der Waals surface area contributed by atoms with Gasteiger partial charge in [0.25, 0.3) is 5.91 Å². The van der Waals surface area contributed by atoms with Gasteiger partial charge >= 0.3 is 0 Å². The summed E-state index contributed by atoms with van der Waals surface area (Å²) in [6, 6.07) is 10.4. The van der Waals surface area contributed by atoms with Gasteiger partial charge in [0.2, 0.25) is 0 Å². The van der Waals surface area contributed by atoms with Gasteiger partial charge in [-0.25, -0.2) is 0 Å². The molecule has 0 aliphatic carbocycles. The summed E-state index contributed by atoms with van der Waals surface area (Å²) in [5.74, 6) is 0.347. The Morgan fingerprint density at radius 1 is 1.23 bits per heavy atom. The molecule has 1 N–H and O–H groups in total. The van der Waals surface area contributed by atoms with Crippen LogP contribution < -0.4 is 14.4 Å². The van der Waals surface area contributed by atoms with E-state index in [0.717, 1.165) is 18.4 Å². The number of fused-ring (bicyclic) bond motifs is 1. The lowest BCUT2D eigenvalue weighted by atomic mass is 9.90. The molecule has 1 aliphatic rings. The molecule has 2 aromatic carbocycles. The zero-order valence-corrected chi connectivity index (χ0v) is 18.2. The number of carbonyl (C=O) groups is 2. The van der Waals surface area contributed by atoms with E-state index in [1.54, 1.807) is 37.4 Å². The van der Waals surface area contributed by atoms with Crippen molar-refractivity contribution >= 4 is 29.0 Å². The van der Waals surface area contributed by atoms with E-state index in [0.29, 0.717) is 34.4 Å². The number of carbonyl (C=O) groups excluding carboxylic acids is 2. The molecule has 0 bridgehead atoms. The predicted octanol–water partition coefficient (Wildman–Crippen LogP) is 4.24. The summed E-state index contributed by atoms with van der Waals surface area (Å²) in [4.78, 5) is 26.3. The third-order valence-corrected chi connectivity index (χ3v) is 5.44. The smallest absolute Gasteiger partial charge is 0.264 e. The van der Waals surface area contributed by atoms with Gasteiger partial charge < -0.3 is 19.5 Å². The number of anilines is 1. The van der Waals surface area contributed by atoms with Gasteiger partial charge in [-0.05, 0) is 37.1 Å². The molecule has 1 unspecified atom stereocenters. The zero-order chi connectivity index (χ0) is 21.9. The summed E-state index contributed by atoms with van der Waals surface area (Å²) in [7, 11) is 1.56. The summed E-state index contributed by atoms with van der Waals surface area (Å²) in [6.07, 6.45) is 1.67. The van der Waals surface area contributed by atoms with Gasteiger partial charge in [-0.15, -0.1) is 0 Å². The molecule has 1 aliphatic heterocycles. The summed E-state index contributed by atoms with van der Waals surface area (Å²) in [5.41, 5.74) is -0.364. The van der Waals surface area contributed by atoms with Crippen LogP contribution in [-0.2, 0) is 21.7 Å². The Balaban J connectivity index is 1.93. The first kappa shape index (κ1) is 22.1. The molecule has 0 saturated heterocycles. The third kappa shape index (κ3) is 4.16. The lowest BCUT2D eigenvalue weighted by Gasteiger charge is -2.22. The Labute approximate surface area is 181 Å². The van der Waals surface area contributed by atoms with E-state index in [4.69, 9.17) is 21.1 Å². The van der Waals surface area contributed by atoms with E-state index in [9.17, 15) is 14.7 Å². The number of hydrogen-bond donors (Lipinski definition) is 1. The molecule has 0 radical (unpaired) electrons. The van der Waals surface area contributed by atoms with Crippen molar-refractivity contribution in [1.29, 1.82) is 0 Å². The maximum atomic E-state index is 13.2. The summed E-state index contributed by atoms with van der Waals surface area (Å²) in [5, 5.41) is 11.4. The van der Waals surface area contributed by atoms with Crippen molar-refractivity contribution in [2.45, 2.75) is 45.3 Å². The van der Waals surface area contributed by atoms with Crippen LogP contribution in [0, 0.1) is 0 Å². The molecule has 1 amide bonds. The normalized spacial score (nSPS) is 17.8. The number of Topliss-reactive ketones (excluding diaryl/α,β-unsaturated/α-hetero) is 1. The number of unbranched alkanes of at least 4 members (excludes halogenated alkanes) is 1. The van der Waals surface area contributed by atoms with Gasteiger partial charge in [0, 0.05) is 12.0 Å². The van der Waals surface area contributed by atoms with Crippen LogP contribution in [0.15, 0.2) is 36.4 Å². The Hall–Kier alpha value is -2.57. The minimum Gasteiger partial charge on any atom is -0.493 e. The van der Waals surface area contributed by atoms with Crippen molar-refractivity contribution in [3.8, 4) is 11.5 Å². The summed E-state index contributed by atoms with van der Waals surface area (Å²) in [6.45, 7) is 4.20. The highest BCUT2D eigenvalue weighted by molar-refractivity contribution is 6.35. The Morgan fingerprint density at radius 2 is 2.00 bits per heavy atom. The van der Waals surface area contributed by atoms with Crippen LogP contribution >= 0.6 is 11.6 Å². The lowest BCUT2D eigenvalue weighted by molar-refractivity contribution is -0.141. The van der Waals surface area contributed by atoms with Crippen LogP contribution in [0.5, 0.6) is 11.5 Å². The Morgan fingerprint density at radius 3 is 2.67 bits per heavy atom. The van der Waals surface area contributed by atoms with E-state index in [1.165, 1.54) is 11.8 Å². The highest BCUT2D eigenvalue weighted by Gasteiger charge is 2.51. The topological polar surface area (TPSA) is 76.1 Å². The quantitative estimate of drug-likeness (QED) is 0.601. The summed E-state index contributed by atoms with van der Waals surface area (Å²) < 4.78 is 11.2. The molecule has 1 atom stereocenters. The third-order valence-electron chi connectivity index (χ3n) is 5.13. The van der Waals surface area contributed by atoms with Crippen molar-refractivity contribution in [3.05, 3.63) is 52.5 Å². The number of halogens is 1. The minimum absolute atomic E-state index is 0.168. The fraction of sp³-hybridized carbons (Fsp3) is 0.391. The molecule has 2 aromatic rings. The first-order valence-corrected chi connectivity index (χ1v) is 10.3. The number of aliphatic hydroxyl groups is 1. The molecule has 7 heteroatoms. The van der Waals surface area contributed by atoms with Gasteiger partial charge in [-0.3, -0.25) is 9.59 Å².